The summed E-state index contributed by atoms with van der Waals surface area (Å²) in [5.41, 5.74) is 0. The number of hydrogen-bond donors (Lipinski definition) is 0. The van der Waals surface area contributed by atoms with Gasteiger partial charge in [-0.3, -0.25) is 0 Å². The van der Waals surface area contributed by atoms with Gasteiger partial charge in [-0.25, -0.2) is 4.31 Å². The van der Waals surface area contributed by atoms with Gasteiger partial charge in [0.25, 0.3) is 0 Å². The van der Waals surface area contributed by atoms with Crippen molar-refractivity contribution in [2.45, 2.75) is 52.8 Å². The van der Waals surface area contributed by atoms with Crippen molar-refractivity contribution in [1.82, 2.24) is 4.31 Å². The first kappa shape index (κ1) is 12.4. The highest BCUT2D eigenvalue weighted by molar-refractivity contribution is 7.97. The highest BCUT2D eigenvalue weighted by atomic mass is 32.2. The second-order valence-corrected chi connectivity index (χ2v) is 6.64. The van der Waals surface area contributed by atoms with Gasteiger partial charge in [0.2, 0.25) is 0 Å². The molecule has 84 valence electrons. The standard InChI is InChI=1S/C12H25NS/c1-8(2)11-7-13(10(5)6)14-12(11)9(3)4/h8-12H,7H2,1-6H3. The van der Waals surface area contributed by atoms with Gasteiger partial charge in [0.15, 0.2) is 0 Å². The molecular weight excluding hydrogens is 190 g/mol. The Morgan fingerprint density at radius 1 is 1.00 bits per heavy atom. The molecule has 1 fully saturated rings. The van der Waals surface area contributed by atoms with Crippen LogP contribution in [-0.4, -0.2) is 22.1 Å². The van der Waals surface area contributed by atoms with Crippen LogP contribution in [0.1, 0.15) is 41.5 Å². The number of rotatable bonds is 3. The lowest BCUT2D eigenvalue weighted by molar-refractivity contribution is 0.285. The van der Waals surface area contributed by atoms with Crippen molar-refractivity contribution >= 4 is 11.9 Å². The summed E-state index contributed by atoms with van der Waals surface area (Å²) >= 11 is 2.10. The molecule has 2 atom stereocenters. The van der Waals surface area contributed by atoms with E-state index in [1.54, 1.807) is 0 Å². The predicted octanol–water partition coefficient (Wildman–Crippen LogP) is 3.66. The van der Waals surface area contributed by atoms with Gasteiger partial charge in [-0.1, -0.05) is 39.6 Å². The topological polar surface area (TPSA) is 3.24 Å². The molecule has 0 aliphatic carbocycles. The zero-order chi connectivity index (χ0) is 10.9. The van der Waals surface area contributed by atoms with E-state index in [4.69, 9.17) is 0 Å². The molecule has 0 saturated carbocycles. The molecule has 1 rings (SSSR count). The maximum Gasteiger partial charge on any atom is 0.0261 e. The van der Waals surface area contributed by atoms with E-state index in [-0.39, 0.29) is 0 Å². The predicted molar refractivity (Wildman–Crippen MR) is 66.4 cm³/mol. The van der Waals surface area contributed by atoms with E-state index >= 15 is 0 Å². The van der Waals surface area contributed by atoms with E-state index in [1.807, 2.05) is 0 Å². The molecule has 1 aliphatic heterocycles. The molecule has 14 heavy (non-hydrogen) atoms. The second-order valence-electron chi connectivity index (χ2n) is 5.42. The molecule has 1 saturated heterocycles. The van der Waals surface area contributed by atoms with Crippen molar-refractivity contribution < 1.29 is 0 Å². The van der Waals surface area contributed by atoms with Gasteiger partial charge in [0, 0.05) is 17.8 Å². The summed E-state index contributed by atoms with van der Waals surface area (Å²) in [6.07, 6.45) is 0. The smallest absolute Gasteiger partial charge is 0.0261 e. The lowest BCUT2D eigenvalue weighted by atomic mass is 9.87. The second kappa shape index (κ2) is 4.89. The molecule has 1 heterocycles. The van der Waals surface area contributed by atoms with Crippen LogP contribution >= 0.6 is 11.9 Å². The van der Waals surface area contributed by atoms with Crippen LogP contribution in [0, 0.1) is 17.8 Å². The number of hydrogen-bond acceptors (Lipinski definition) is 2. The van der Waals surface area contributed by atoms with E-state index in [0.717, 1.165) is 23.0 Å². The lowest BCUT2D eigenvalue weighted by Crippen LogP contribution is -2.27. The molecule has 0 radical (unpaired) electrons. The minimum Gasteiger partial charge on any atom is -0.248 e. The van der Waals surface area contributed by atoms with Gasteiger partial charge < -0.3 is 0 Å². The Morgan fingerprint density at radius 2 is 1.57 bits per heavy atom. The van der Waals surface area contributed by atoms with Crippen LogP contribution in [0.4, 0.5) is 0 Å². The Hall–Kier alpha value is 0.310. The van der Waals surface area contributed by atoms with Crippen molar-refractivity contribution in [1.29, 1.82) is 0 Å². The van der Waals surface area contributed by atoms with Crippen LogP contribution in [0.25, 0.3) is 0 Å². The van der Waals surface area contributed by atoms with E-state index in [1.165, 1.54) is 6.54 Å². The lowest BCUT2D eigenvalue weighted by Gasteiger charge is -2.23. The molecular formula is C12H25NS. The molecule has 0 aromatic heterocycles. The monoisotopic (exact) mass is 215 g/mol. The van der Waals surface area contributed by atoms with Crippen LogP contribution < -0.4 is 0 Å². The fourth-order valence-electron chi connectivity index (χ4n) is 2.13. The van der Waals surface area contributed by atoms with Gasteiger partial charge in [-0.15, -0.1) is 0 Å². The van der Waals surface area contributed by atoms with Crippen molar-refractivity contribution in [3.63, 3.8) is 0 Å². The largest absolute Gasteiger partial charge is 0.248 e. The van der Waals surface area contributed by atoms with Crippen LogP contribution in [0.15, 0.2) is 0 Å². The van der Waals surface area contributed by atoms with Crippen molar-refractivity contribution in [3.05, 3.63) is 0 Å². The van der Waals surface area contributed by atoms with Crippen molar-refractivity contribution in [3.8, 4) is 0 Å². The summed E-state index contributed by atoms with van der Waals surface area (Å²) in [5.74, 6) is 2.50. The number of nitrogens with zero attached hydrogens (tertiary/aromatic N) is 1. The van der Waals surface area contributed by atoms with E-state index < -0.39 is 0 Å². The molecule has 2 unspecified atom stereocenters. The molecule has 1 aliphatic rings. The Balaban J connectivity index is 2.65. The maximum atomic E-state index is 2.56. The first-order chi connectivity index (χ1) is 6.43. The first-order valence-corrected chi connectivity index (χ1v) is 6.70. The van der Waals surface area contributed by atoms with Gasteiger partial charge in [-0.05, 0) is 31.6 Å². The molecule has 2 heteroatoms. The van der Waals surface area contributed by atoms with Crippen LogP contribution in [0.2, 0.25) is 0 Å². The SMILES string of the molecule is CC(C)C1CN(C(C)C)SC1C(C)C. The zero-order valence-corrected chi connectivity index (χ0v) is 11.3. The maximum absolute atomic E-state index is 2.56. The Morgan fingerprint density at radius 3 is 1.86 bits per heavy atom. The first-order valence-electron chi connectivity index (χ1n) is 5.87. The van der Waals surface area contributed by atoms with E-state index in [0.29, 0.717) is 6.04 Å². The van der Waals surface area contributed by atoms with Crippen LogP contribution in [-0.2, 0) is 0 Å². The molecule has 0 aromatic carbocycles. The zero-order valence-electron chi connectivity index (χ0n) is 10.4. The molecule has 0 amide bonds. The summed E-state index contributed by atoms with van der Waals surface area (Å²) in [5, 5.41) is 0.831. The summed E-state index contributed by atoms with van der Waals surface area (Å²) in [6, 6.07) is 0.685. The van der Waals surface area contributed by atoms with Gasteiger partial charge in [0.05, 0.1) is 0 Å². The van der Waals surface area contributed by atoms with Crippen LogP contribution in [0.5, 0.6) is 0 Å². The highest BCUT2D eigenvalue weighted by Gasteiger charge is 2.37. The Labute approximate surface area is 93.8 Å². The van der Waals surface area contributed by atoms with E-state index in [9.17, 15) is 0 Å². The summed E-state index contributed by atoms with van der Waals surface area (Å²) in [7, 11) is 0. The third-order valence-corrected chi connectivity index (χ3v) is 5.14. The minimum atomic E-state index is 0.685. The van der Waals surface area contributed by atoms with Gasteiger partial charge in [0.1, 0.15) is 0 Å². The van der Waals surface area contributed by atoms with Crippen molar-refractivity contribution in [2.75, 3.05) is 6.54 Å². The third-order valence-electron chi connectivity index (χ3n) is 3.16. The average molecular weight is 215 g/mol. The molecule has 0 bridgehead atoms. The fourth-order valence-corrected chi connectivity index (χ4v) is 3.74. The molecule has 1 nitrogen and oxygen atoms in total. The molecule has 0 spiro atoms. The fraction of sp³-hybridized carbons (Fsp3) is 1.00. The Bertz CT molecular complexity index is 161. The summed E-state index contributed by atoms with van der Waals surface area (Å²) < 4.78 is 2.56. The normalized spacial score (nSPS) is 29.8. The summed E-state index contributed by atoms with van der Waals surface area (Å²) in [6.45, 7) is 15.3. The van der Waals surface area contributed by atoms with Crippen LogP contribution in [0.3, 0.4) is 0 Å². The van der Waals surface area contributed by atoms with E-state index in [2.05, 4.69) is 57.8 Å². The minimum absolute atomic E-state index is 0.685. The third kappa shape index (κ3) is 2.66. The Kier molecular flexibility index (Phi) is 4.32. The summed E-state index contributed by atoms with van der Waals surface area (Å²) in [4.78, 5) is 0. The quantitative estimate of drug-likeness (QED) is 0.661. The molecule has 0 aromatic rings. The average Bonchev–Trinajstić information content (AvgIpc) is 2.47. The van der Waals surface area contributed by atoms with Gasteiger partial charge in [-0.2, -0.15) is 0 Å². The van der Waals surface area contributed by atoms with Gasteiger partial charge >= 0.3 is 0 Å². The highest BCUT2D eigenvalue weighted by Crippen LogP contribution is 2.42. The molecule has 0 N–H and O–H groups in total. The van der Waals surface area contributed by atoms with Crippen molar-refractivity contribution in [2.24, 2.45) is 17.8 Å².